The smallest absolute Gasteiger partial charge is 0.407 e. The van der Waals surface area contributed by atoms with E-state index in [0.29, 0.717) is 11.5 Å². The first-order valence-corrected chi connectivity index (χ1v) is 8.94. The maximum absolute atomic E-state index is 12.3. The topological polar surface area (TPSA) is 81.4 Å². The lowest BCUT2D eigenvalue weighted by Gasteiger charge is -2.14. The summed E-state index contributed by atoms with van der Waals surface area (Å²) in [4.78, 5) is 25.6. The Morgan fingerprint density at radius 2 is 1.86 bits per heavy atom. The van der Waals surface area contributed by atoms with Crippen LogP contribution in [0.25, 0.3) is 17.2 Å². The predicted molar refractivity (Wildman–Crippen MR) is 104 cm³/mol. The van der Waals surface area contributed by atoms with Gasteiger partial charge in [-0.1, -0.05) is 36.4 Å². The average Bonchev–Trinajstić information content (AvgIpc) is 3.13. The van der Waals surface area contributed by atoms with Gasteiger partial charge in [-0.25, -0.2) is 14.8 Å². The summed E-state index contributed by atoms with van der Waals surface area (Å²) in [7, 11) is 0. The summed E-state index contributed by atoms with van der Waals surface area (Å²) in [5.41, 5.74) is 3.15. The van der Waals surface area contributed by atoms with Crippen LogP contribution in [0.5, 0.6) is 0 Å². The molecule has 3 heterocycles. The van der Waals surface area contributed by atoms with Crippen LogP contribution >= 0.6 is 0 Å². The van der Waals surface area contributed by atoms with E-state index in [9.17, 15) is 4.79 Å². The number of nitrogens with one attached hydrogen (secondary N) is 1. The molecule has 140 valence electrons. The summed E-state index contributed by atoms with van der Waals surface area (Å²) < 4.78 is 7.19. The number of carbonyl (C=O) groups excluding carboxylic acids is 1. The summed E-state index contributed by atoms with van der Waals surface area (Å²) in [5.74, 6) is 0.546. The van der Waals surface area contributed by atoms with Crippen LogP contribution in [0, 0.1) is 0 Å². The van der Waals surface area contributed by atoms with E-state index in [0.717, 1.165) is 17.0 Å². The van der Waals surface area contributed by atoms with Gasteiger partial charge in [-0.05, 0) is 30.7 Å². The second-order valence-electron chi connectivity index (χ2n) is 6.28. The molecule has 0 saturated carbocycles. The molecule has 28 heavy (non-hydrogen) atoms. The van der Waals surface area contributed by atoms with Gasteiger partial charge in [0, 0.05) is 18.6 Å². The van der Waals surface area contributed by atoms with Crippen molar-refractivity contribution in [3.63, 3.8) is 0 Å². The molecular formula is C21H19N5O2. The molecule has 0 aliphatic heterocycles. The van der Waals surface area contributed by atoms with Gasteiger partial charge in [0.2, 0.25) is 5.78 Å². The highest BCUT2D eigenvalue weighted by Gasteiger charge is 2.22. The Morgan fingerprint density at radius 1 is 1.07 bits per heavy atom. The number of rotatable bonds is 5. The Labute approximate surface area is 162 Å². The molecule has 1 amide bonds. The molecule has 3 aromatic heterocycles. The van der Waals surface area contributed by atoms with Crippen LogP contribution in [0.3, 0.4) is 0 Å². The first kappa shape index (κ1) is 17.7. The third-order valence-electron chi connectivity index (χ3n) is 4.30. The van der Waals surface area contributed by atoms with Crippen LogP contribution in [0.1, 0.15) is 24.2 Å². The van der Waals surface area contributed by atoms with Crippen molar-refractivity contribution in [1.29, 1.82) is 0 Å². The Kier molecular flexibility index (Phi) is 4.97. The molecule has 0 bridgehead atoms. The van der Waals surface area contributed by atoms with Gasteiger partial charge in [0.25, 0.3) is 0 Å². The summed E-state index contributed by atoms with van der Waals surface area (Å²) >= 11 is 0. The Hall–Kier alpha value is -3.74. The molecule has 0 fully saturated rings. The van der Waals surface area contributed by atoms with Gasteiger partial charge < -0.3 is 10.1 Å². The molecule has 4 aromatic rings. The van der Waals surface area contributed by atoms with Gasteiger partial charge >= 0.3 is 6.09 Å². The maximum atomic E-state index is 12.3. The highest BCUT2D eigenvalue weighted by atomic mass is 16.5. The monoisotopic (exact) mass is 373 g/mol. The fourth-order valence-electron chi connectivity index (χ4n) is 2.97. The second kappa shape index (κ2) is 7.87. The average molecular weight is 373 g/mol. The van der Waals surface area contributed by atoms with Crippen LogP contribution < -0.4 is 5.32 Å². The zero-order valence-electron chi connectivity index (χ0n) is 15.3. The fraction of sp³-hybridized carbons (Fsp3) is 0.143. The van der Waals surface area contributed by atoms with E-state index in [4.69, 9.17) is 4.74 Å². The summed E-state index contributed by atoms with van der Waals surface area (Å²) in [6.07, 6.45) is 4.78. The van der Waals surface area contributed by atoms with Gasteiger partial charge in [0.05, 0.1) is 23.1 Å². The van der Waals surface area contributed by atoms with Crippen LogP contribution in [-0.4, -0.2) is 25.4 Å². The summed E-state index contributed by atoms with van der Waals surface area (Å²) in [5, 5.41) is 2.84. The van der Waals surface area contributed by atoms with E-state index in [-0.39, 0.29) is 12.6 Å². The number of fused-ring (bicyclic) bond motifs is 1. The molecule has 0 aliphatic rings. The number of pyridine rings is 1. The van der Waals surface area contributed by atoms with Crippen molar-refractivity contribution in [3.05, 3.63) is 84.4 Å². The SMILES string of the molecule is CC(NC(=O)OCc1ccccc1)c1nc2ncccn2c1-c1ccccn1. The minimum Gasteiger partial charge on any atom is -0.445 e. The number of amides is 1. The van der Waals surface area contributed by atoms with Gasteiger partial charge in [0.1, 0.15) is 6.61 Å². The Bertz CT molecular complexity index is 1080. The van der Waals surface area contributed by atoms with Crippen LogP contribution in [-0.2, 0) is 11.3 Å². The summed E-state index contributed by atoms with van der Waals surface area (Å²) in [6.45, 7) is 2.07. The highest BCUT2D eigenvalue weighted by molar-refractivity contribution is 5.69. The first-order chi connectivity index (χ1) is 13.7. The van der Waals surface area contributed by atoms with Gasteiger partial charge in [-0.15, -0.1) is 0 Å². The Balaban J connectivity index is 1.57. The molecule has 0 spiro atoms. The van der Waals surface area contributed by atoms with Crippen LogP contribution in [0.2, 0.25) is 0 Å². The molecule has 7 nitrogen and oxygen atoms in total. The predicted octanol–water partition coefficient (Wildman–Crippen LogP) is 3.78. The van der Waals surface area contributed by atoms with Crippen LogP contribution in [0.4, 0.5) is 4.79 Å². The van der Waals surface area contributed by atoms with Gasteiger partial charge in [-0.2, -0.15) is 0 Å². The number of benzene rings is 1. The molecule has 1 atom stereocenters. The van der Waals surface area contributed by atoms with E-state index in [1.165, 1.54) is 0 Å². The van der Waals surface area contributed by atoms with E-state index in [1.807, 2.05) is 72.1 Å². The van der Waals surface area contributed by atoms with E-state index >= 15 is 0 Å². The van der Waals surface area contributed by atoms with E-state index in [1.54, 1.807) is 12.4 Å². The van der Waals surface area contributed by atoms with E-state index in [2.05, 4.69) is 20.3 Å². The molecule has 0 saturated heterocycles. The van der Waals surface area contributed by atoms with E-state index < -0.39 is 6.09 Å². The molecule has 0 aliphatic carbocycles. The van der Waals surface area contributed by atoms with Crippen molar-refractivity contribution in [2.45, 2.75) is 19.6 Å². The van der Waals surface area contributed by atoms with Crippen molar-refractivity contribution in [2.24, 2.45) is 0 Å². The van der Waals surface area contributed by atoms with Crippen molar-refractivity contribution < 1.29 is 9.53 Å². The number of hydrogen-bond acceptors (Lipinski definition) is 5. The molecule has 1 N–H and O–H groups in total. The number of nitrogens with zero attached hydrogens (tertiary/aromatic N) is 4. The van der Waals surface area contributed by atoms with Gasteiger partial charge in [-0.3, -0.25) is 9.38 Å². The molecule has 7 heteroatoms. The largest absolute Gasteiger partial charge is 0.445 e. The standard InChI is InChI=1S/C21H19N5O2/c1-15(24-21(27)28-14-16-8-3-2-4-9-16)18-19(17-10-5-6-11-22-17)26-13-7-12-23-20(26)25-18/h2-13,15H,14H2,1H3,(H,24,27). The van der Waals surface area contributed by atoms with Crippen molar-refractivity contribution in [2.75, 3.05) is 0 Å². The zero-order valence-corrected chi connectivity index (χ0v) is 15.3. The van der Waals surface area contributed by atoms with Gasteiger partial charge in [0.15, 0.2) is 0 Å². The number of alkyl carbamates (subject to hydrolysis) is 1. The number of imidazole rings is 1. The minimum atomic E-state index is -0.506. The number of carbonyl (C=O) groups is 1. The van der Waals surface area contributed by atoms with Crippen molar-refractivity contribution in [1.82, 2.24) is 24.7 Å². The number of hydrogen-bond donors (Lipinski definition) is 1. The lowest BCUT2D eigenvalue weighted by molar-refractivity contribution is 0.136. The third kappa shape index (κ3) is 3.68. The number of ether oxygens (including phenoxy) is 1. The van der Waals surface area contributed by atoms with Crippen molar-refractivity contribution in [3.8, 4) is 11.4 Å². The fourth-order valence-corrected chi connectivity index (χ4v) is 2.97. The highest BCUT2D eigenvalue weighted by Crippen LogP contribution is 2.27. The first-order valence-electron chi connectivity index (χ1n) is 8.94. The van der Waals surface area contributed by atoms with Crippen LogP contribution in [0.15, 0.2) is 73.2 Å². The maximum Gasteiger partial charge on any atom is 0.407 e. The summed E-state index contributed by atoms with van der Waals surface area (Å²) in [6, 6.07) is 16.7. The zero-order chi connectivity index (χ0) is 19.3. The Morgan fingerprint density at radius 3 is 2.64 bits per heavy atom. The molecule has 1 aromatic carbocycles. The minimum absolute atomic E-state index is 0.208. The quantitative estimate of drug-likeness (QED) is 0.576. The lowest BCUT2D eigenvalue weighted by atomic mass is 10.1. The second-order valence-corrected chi connectivity index (χ2v) is 6.28. The third-order valence-corrected chi connectivity index (χ3v) is 4.30. The molecule has 1 unspecified atom stereocenters. The van der Waals surface area contributed by atoms with Crippen molar-refractivity contribution >= 4 is 11.9 Å². The molecule has 0 radical (unpaired) electrons. The number of aromatic nitrogens is 4. The molecular weight excluding hydrogens is 354 g/mol. The lowest BCUT2D eigenvalue weighted by Crippen LogP contribution is -2.28. The normalized spacial score (nSPS) is 11.9. The molecule has 4 rings (SSSR count).